The van der Waals surface area contributed by atoms with Crippen molar-refractivity contribution in [3.8, 4) is 0 Å². The van der Waals surface area contributed by atoms with E-state index in [0.29, 0.717) is 20.6 Å². The van der Waals surface area contributed by atoms with E-state index in [9.17, 15) is 13.2 Å². The van der Waals surface area contributed by atoms with Crippen molar-refractivity contribution in [1.82, 2.24) is 9.62 Å². The molecule has 0 saturated heterocycles. The second-order valence-electron chi connectivity index (χ2n) is 6.20. The third kappa shape index (κ3) is 6.09. The Labute approximate surface area is 174 Å². The summed E-state index contributed by atoms with van der Waals surface area (Å²) in [6.07, 6.45) is 0. The Morgan fingerprint density at radius 1 is 1.04 bits per heavy atom. The lowest BCUT2D eigenvalue weighted by Gasteiger charge is -2.23. The first-order valence-corrected chi connectivity index (χ1v) is 10.7. The van der Waals surface area contributed by atoms with Crippen LogP contribution >= 0.6 is 34.8 Å². The molecule has 0 aliphatic heterocycles. The van der Waals surface area contributed by atoms with E-state index < -0.39 is 15.9 Å². The number of amides is 1. The number of benzene rings is 2. The van der Waals surface area contributed by atoms with E-state index >= 15 is 0 Å². The highest BCUT2D eigenvalue weighted by atomic mass is 35.5. The van der Waals surface area contributed by atoms with Gasteiger partial charge in [-0.3, -0.25) is 4.79 Å². The predicted molar refractivity (Wildman–Crippen MR) is 109 cm³/mol. The van der Waals surface area contributed by atoms with Gasteiger partial charge < -0.3 is 5.32 Å². The van der Waals surface area contributed by atoms with E-state index in [1.54, 1.807) is 32.0 Å². The zero-order valence-corrected chi connectivity index (χ0v) is 17.8. The zero-order valence-electron chi connectivity index (χ0n) is 14.7. The summed E-state index contributed by atoms with van der Waals surface area (Å²) in [4.78, 5) is 12.3. The van der Waals surface area contributed by atoms with Gasteiger partial charge >= 0.3 is 0 Å². The zero-order chi connectivity index (χ0) is 20.2. The van der Waals surface area contributed by atoms with E-state index in [1.165, 1.54) is 24.3 Å². The molecule has 0 fully saturated rings. The number of carbonyl (C=O) groups is 1. The van der Waals surface area contributed by atoms with Crippen LogP contribution in [0.4, 0.5) is 0 Å². The first kappa shape index (κ1) is 22.0. The lowest BCUT2D eigenvalue weighted by molar-refractivity contribution is -0.121. The molecule has 5 nitrogen and oxygen atoms in total. The van der Waals surface area contributed by atoms with Crippen molar-refractivity contribution >= 4 is 50.7 Å². The van der Waals surface area contributed by atoms with E-state index in [4.69, 9.17) is 34.8 Å². The second kappa shape index (κ2) is 9.26. The van der Waals surface area contributed by atoms with Gasteiger partial charge in [0.2, 0.25) is 15.9 Å². The standard InChI is InChI=1S/C18H19Cl3N2O3S/c1-12(2)22-18(24)11-23(10-13-3-8-16(20)17(21)9-13)27(25,26)15-6-4-14(19)5-7-15/h3-9,12H,10-11H2,1-2H3,(H,22,24). The minimum atomic E-state index is -3.93. The molecule has 0 unspecified atom stereocenters. The molecule has 0 heterocycles. The van der Waals surface area contributed by atoms with Crippen molar-refractivity contribution in [3.63, 3.8) is 0 Å². The van der Waals surface area contributed by atoms with Crippen LogP contribution in [0.2, 0.25) is 15.1 Å². The first-order chi connectivity index (χ1) is 12.6. The Morgan fingerprint density at radius 2 is 1.67 bits per heavy atom. The normalized spacial score (nSPS) is 11.8. The first-order valence-electron chi connectivity index (χ1n) is 8.08. The van der Waals surface area contributed by atoms with Gasteiger partial charge in [0.1, 0.15) is 0 Å². The Balaban J connectivity index is 2.37. The number of nitrogens with one attached hydrogen (secondary N) is 1. The number of hydrogen-bond acceptors (Lipinski definition) is 3. The lowest BCUT2D eigenvalue weighted by atomic mass is 10.2. The highest BCUT2D eigenvalue weighted by Gasteiger charge is 2.27. The van der Waals surface area contributed by atoms with Crippen molar-refractivity contribution in [3.05, 3.63) is 63.1 Å². The predicted octanol–water partition coefficient (Wildman–Crippen LogP) is 4.36. The molecular formula is C18H19Cl3N2O3S. The van der Waals surface area contributed by atoms with Gasteiger partial charge in [0, 0.05) is 17.6 Å². The number of sulfonamides is 1. The number of nitrogens with zero attached hydrogens (tertiary/aromatic N) is 1. The Hall–Kier alpha value is -1.31. The van der Waals surface area contributed by atoms with Gasteiger partial charge in [0.05, 0.1) is 21.5 Å². The van der Waals surface area contributed by atoms with E-state index in [-0.39, 0.29) is 24.0 Å². The van der Waals surface area contributed by atoms with Gasteiger partial charge in [-0.1, -0.05) is 40.9 Å². The molecule has 1 amide bonds. The smallest absolute Gasteiger partial charge is 0.243 e. The third-order valence-electron chi connectivity index (χ3n) is 3.56. The minimum Gasteiger partial charge on any atom is -0.353 e. The number of hydrogen-bond donors (Lipinski definition) is 1. The monoisotopic (exact) mass is 448 g/mol. The fourth-order valence-corrected chi connectivity index (χ4v) is 4.18. The summed E-state index contributed by atoms with van der Waals surface area (Å²) < 4.78 is 27.2. The topological polar surface area (TPSA) is 66.5 Å². The van der Waals surface area contributed by atoms with Crippen molar-refractivity contribution < 1.29 is 13.2 Å². The summed E-state index contributed by atoms with van der Waals surface area (Å²) in [7, 11) is -3.93. The van der Waals surface area contributed by atoms with Crippen LogP contribution in [0.3, 0.4) is 0 Å². The van der Waals surface area contributed by atoms with Crippen molar-refractivity contribution in [2.45, 2.75) is 31.3 Å². The number of rotatable bonds is 7. The molecule has 0 radical (unpaired) electrons. The van der Waals surface area contributed by atoms with Crippen LogP contribution < -0.4 is 5.32 Å². The van der Waals surface area contributed by atoms with Crippen molar-refractivity contribution in [2.75, 3.05) is 6.54 Å². The van der Waals surface area contributed by atoms with Crippen LogP contribution in [0.1, 0.15) is 19.4 Å². The van der Waals surface area contributed by atoms with Crippen LogP contribution in [0.5, 0.6) is 0 Å². The van der Waals surface area contributed by atoms with Gasteiger partial charge in [0.15, 0.2) is 0 Å². The average Bonchev–Trinajstić information content (AvgIpc) is 2.57. The van der Waals surface area contributed by atoms with E-state index in [2.05, 4.69) is 5.32 Å². The number of carbonyl (C=O) groups excluding carboxylic acids is 1. The quantitative estimate of drug-likeness (QED) is 0.683. The van der Waals surface area contributed by atoms with Crippen LogP contribution in [0, 0.1) is 0 Å². The van der Waals surface area contributed by atoms with Gasteiger partial charge in [0.25, 0.3) is 0 Å². The lowest BCUT2D eigenvalue weighted by Crippen LogP contribution is -2.42. The molecule has 0 saturated carbocycles. The fraction of sp³-hybridized carbons (Fsp3) is 0.278. The highest BCUT2D eigenvalue weighted by molar-refractivity contribution is 7.89. The van der Waals surface area contributed by atoms with Gasteiger partial charge in [-0.15, -0.1) is 0 Å². The summed E-state index contributed by atoms with van der Waals surface area (Å²) >= 11 is 17.8. The molecule has 27 heavy (non-hydrogen) atoms. The average molecular weight is 450 g/mol. The summed E-state index contributed by atoms with van der Waals surface area (Å²) in [6.45, 7) is 3.24. The fourth-order valence-electron chi connectivity index (χ4n) is 2.35. The molecule has 1 N–H and O–H groups in total. The maximum atomic E-state index is 13.1. The largest absolute Gasteiger partial charge is 0.353 e. The van der Waals surface area contributed by atoms with Crippen LogP contribution in [-0.4, -0.2) is 31.2 Å². The summed E-state index contributed by atoms with van der Waals surface area (Å²) in [6, 6.07) is 10.5. The van der Waals surface area contributed by atoms with Gasteiger partial charge in [-0.2, -0.15) is 4.31 Å². The third-order valence-corrected chi connectivity index (χ3v) is 6.36. The molecule has 0 bridgehead atoms. The van der Waals surface area contributed by atoms with Crippen molar-refractivity contribution in [1.29, 1.82) is 0 Å². The van der Waals surface area contributed by atoms with E-state index in [0.717, 1.165) is 4.31 Å². The molecule has 0 aliphatic rings. The minimum absolute atomic E-state index is 0.0344. The molecule has 2 aromatic rings. The Bertz CT molecular complexity index is 916. The molecule has 0 aromatic heterocycles. The SMILES string of the molecule is CC(C)NC(=O)CN(Cc1ccc(Cl)c(Cl)c1)S(=O)(=O)c1ccc(Cl)cc1. The van der Waals surface area contributed by atoms with Crippen molar-refractivity contribution in [2.24, 2.45) is 0 Å². The van der Waals surface area contributed by atoms with Crippen LogP contribution in [0.25, 0.3) is 0 Å². The maximum Gasteiger partial charge on any atom is 0.243 e. The molecule has 0 spiro atoms. The molecule has 9 heteroatoms. The van der Waals surface area contributed by atoms with Crippen LogP contribution in [0.15, 0.2) is 47.4 Å². The van der Waals surface area contributed by atoms with Gasteiger partial charge in [-0.25, -0.2) is 8.42 Å². The van der Waals surface area contributed by atoms with Gasteiger partial charge in [-0.05, 0) is 55.8 Å². The van der Waals surface area contributed by atoms with Crippen LogP contribution in [-0.2, 0) is 21.4 Å². The molecule has 146 valence electrons. The highest BCUT2D eigenvalue weighted by Crippen LogP contribution is 2.25. The maximum absolute atomic E-state index is 13.1. The molecule has 0 atom stereocenters. The molecule has 0 aliphatic carbocycles. The Kier molecular flexibility index (Phi) is 7.54. The summed E-state index contributed by atoms with van der Waals surface area (Å²) in [5, 5.41) is 3.79. The molecule has 2 rings (SSSR count). The number of halogens is 3. The summed E-state index contributed by atoms with van der Waals surface area (Å²) in [5.41, 5.74) is 0.610. The van der Waals surface area contributed by atoms with E-state index in [1.807, 2.05) is 0 Å². The molecular weight excluding hydrogens is 431 g/mol. The second-order valence-corrected chi connectivity index (χ2v) is 9.39. The summed E-state index contributed by atoms with van der Waals surface area (Å²) in [5.74, 6) is -0.400. The molecule has 2 aromatic carbocycles. The Morgan fingerprint density at radius 3 is 2.22 bits per heavy atom.